The van der Waals surface area contributed by atoms with Crippen molar-refractivity contribution >= 4 is 33.4 Å². The Bertz CT molecular complexity index is 3960. The summed E-state index contributed by atoms with van der Waals surface area (Å²) in [5.41, 5.74) is 23.6. The number of nitrogens with zero attached hydrogens (tertiary/aromatic N) is 1. The van der Waals surface area contributed by atoms with E-state index in [0.717, 1.165) is 17.1 Å². The van der Waals surface area contributed by atoms with E-state index >= 15 is 0 Å². The minimum atomic E-state index is -0.519. The number of anilines is 3. The van der Waals surface area contributed by atoms with Crippen molar-refractivity contribution in [1.82, 2.24) is 0 Å². The van der Waals surface area contributed by atoms with Gasteiger partial charge in [-0.25, -0.2) is 0 Å². The van der Waals surface area contributed by atoms with Crippen molar-refractivity contribution in [2.45, 2.75) is 16.7 Å². The number of fused-ring (bicyclic) bond motifs is 14. The summed E-state index contributed by atoms with van der Waals surface area (Å²) in [6.07, 6.45) is 7.32. The minimum absolute atomic E-state index is 0.124. The Morgan fingerprint density at radius 1 is 0.356 bits per heavy atom. The lowest BCUT2D eigenvalue weighted by Crippen LogP contribution is -2.33. The Kier molecular flexibility index (Phi) is 9.29. The first-order valence-electron chi connectivity index (χ1n) is 25.7. The first-order valence-corrected chi connectivity index (χ1v) is 25.7. The van der Waals surface area contributed by atoms with Crippen molar-refractivity contribution in [3.8, 4) is 33.4 Å². The van der Waals surface area contributed by atoms with Crippen LogP contribution in [-0.4, -0.2) is 0 Å². The lowest BCUT2D eigenvalue weighted by molar-refractivity contribution is 0.472. The van der Waals surface area contributed by atoms with Gasteiger partial charge >= 0.3 is 0 Å². The normalized spacial score (nSPS) is 16.7. The Hall–Kier alpha value is -9.04. The van der Waals surface area contributed by atoms with E-state index in [4.69, 9.17) is 0 Å². The summed E-state index contributed by atoms with van der Waals surface area (Å²) in [6, 6.07) is 100. The van der Waals surface area contributed by atoms with E-state index in [9.17, 15) is 0 Å². The van der Waals surface area contributed by atoms with Gasteiger partial charge in [0.1, 0.15) is 0 Å². The van der Waals surface area contributed by atoms with Crippen LogP contribution in [0.4, 0.5) is 17.1 Å². The second kappa shape index (κ2) is 16.2. The zero-order chi connectivity index (χ0) is 48.1. The van der Waals surface area contributed by atoms with Crippen molar-refractivity contribution in [2.75, 3.05) is 4.90 Å². The largest absolute Gasteiger partial charge is 0.310 e. The van der Waals surface area contributed by atoms with Crippen molar-refractivity contribution in [3.63, 3.8) is 0 Å². The van der Waals surface area contributed by atoms with E-state index in [2.05, 4.69) is 290 Å². The number of hydrogen-bond donors (Lipinski definition) is 0. The van der Waals surface area contributed by atoms with Gasteiger partial charge in [0, 0.05) is 28.9 Å². The molecule has 0 aliphatic heterocycles. The molecule has 2 atom stereocenters. The monoisotopic (exact) mass is 927 g/mol. The highest BCUT2D eigenvalue weighted by Crippen LogP contribution is 2.68. The third-order valence-electron chi connectivity index (χ3n) is 16.9. The van der Waals surface area contributed by atoms with Gasteiger partial charge in [-0.15, -0.1) is 0 Å². The molecule has 4 aliphatic carbocycles. The van der Waals surface area contributed by atoms with Crippen LogP contribution >= 0.6 is 0 Å². The van der Waals surface area contributed by atoms with Crippen molar-refractivity contribution < 1.29 is 0 Å². The molecule has 1 spiro atoms. The maximum atomic E-state index is 2.52. The Balaban J connectivity index is 0.921. The van der Waals surface area contributed by atoms with E-state index in [1.54, 1.807) is 0 Å². The van der Waals surface area contributed by atoms with Gasteiger partial charge in [-0.3, -0.25) is 0 Å². The summed E-state index contributed by atoms with van der Waals surface area (Å²) < 4.78 is 0. The van der Waals surface area contributed by atoms with E-state index in [-0.39, 0.29) is 17.3 Å². The van der Waals surface area contributed by atoms with Crippen LogP contribution in [0.15, 0.2) is 285 Å². The van der Waals surface area contributed by atoms with Crippen LogP contribution in [0, 0.1) is 5.92 Å². The number of benzene rings is 11. The quantitative estimate of drug-likeness (QED) is 0.154. The summed E-state index contributed by atoms with van der Waals surface area (Å²) in [7, 11) is 0. The van der Waals surface area contributed by atoms with Gasteiger partial charge in [0.25, 0.3) is 0 Å². The Morgan fingerprint density at radius 3 is 1.60 bits per heavy atom. The molecule has 15 rings (SSSR count). The molecule has 0 saturated carbocycles. The van der Waals surface area contributed by atoms with Gasteiger partial charge in [-0.2, -0.15) is 0 Å². The minimum Gasteiger partial charge on any atom is -0.310 e. The highest BCUT2D eigenvalue weighted by molar-refractivity contribution is 6.04. The molecule has 342 valence electrons. The smallest absolute Gasteiger partial charge is 0.0714 e. The van der Waals surface area contributed by atoms with E-state index in [1.165, 1.54) is 99.8 Å². The topological polar surface area (TPSA) is 3.24 Å². The summed E-state index contributed by atoms with van der Waals surface area (Å²) in [5.74, 6) is 0.297. The summed E-state index contributed by atoms with van der Waals surface area (Å²) in [6.45, 7) is 0. The van der Waals surface area contributed by atoms with Crippen LogP contribution in [0.25, 0.3) is 49.7 Å². The molecule has 11 aromatic rings. The van der Waals surface area contributed by atoms with Crippen molar-refractivity contribution in [2.24, 2.45) is 5.92 Å². The first kappa shape index (κ1) is 41.7. The lowest BCUT2D eigenvalue weighted by atomic mass is 9.63. The molecule has 4 aliphatic rings. The summed E-state index contributed by atoms with van der Waals surface area (Å²) in [4.78, 5) is 2.46. The molecule has 0 aromatic heterocycles. The molecule has 1 nitrogen and oxygen atoms in total. The van der Waals surface area contributed by atoms with Crippen molar-refractivity contribution in [1.29, 1.82) is 0 Å². The molecule has 0 radical (unpaired) electrons. The Labute approximate surface area is 427 Å². The van der Waals surface area contributed by atoms with Crippen LogP contribution in [0.5, 0.6) is 0 Å². The summed E-state index contributed by atoms with van der Waals surface area (Å²) >= 11 is 0. The van der Waals surface area contributed by atoms with Gasteiger partial charge in [-0.1, -0.05) is 249 Å². The Morgan fingerprint density at radius 2 is 0.890 bits per heavy atom. The van der Waals surface area contributed by atoms with Gasteiger partial charge in [0.05, 0.1) is 10.8 Å². The molecule has 11 aromatic carbocycles. The fourth-order valence-electron chi connectivity index (χ4n) is 14.1. The SMILES string of the molecule is C1=CC2C(C(c3c(-c4cccc(N(c5ccccc5)c5ccc6c(c5)C(c5ccccc5)(c5ccccc5)c5ccccc5-6)c4)ccc4ccccc34)=C1)c1ccccc1C21c2ccccc2-c2ccccc21. The zero-order valence-corrected chi connectivity index (χ0v) is 40.2. The highest BCUT2D eigenvalue weighted by Gasteiger charge is 2.58. The molecule has 0 heterocycles. The molecule has 0 bridgehead atoms. The van der Waals surface area contributed by atoms with Crippen molar-refractivity contribution in [3.05, 3.63) is 335 Å². The first-order chi connectivity index (χ1) is 36.2. The van der Waals surface area contributed by atoms with Crippen LogP contribution in [0.3, 0.4) is 0 Å². The molecule has 0 amide bonds. The van der Waals surface area contributed by atoms with E-state index in [1.807, 2.05) is 0 Å². The number of para-hydroxylation sites is 1. The molecular formula is C72H49N. The van der Waals surface area contributed by atoms with E-state index < -0.39 is 5.41 Å². The maximum Gasteiger partial charge on any atom is 0.0714 e. The second-order valence-electron chi connectivity index (χ2n) is 20.2. The van der Waals surface area contributed by atoms with Crippen LogP contribution < -0.4 is 4.90 Å². The highest BCUT2D eigenvalue weighted by atomic mass is 15.1. The molecule has 73 heavy (non-hydrogen) atoms. The maximum absolute atomic E-state index is 2.52. The molecule has 0 fully saturated rings. The lowest BCUT2D eigenvalue weighted by Gasteiger charge is -2.38. The number of allylic oxidation sites excluding steroid dienone is 4. The number of rotatable bonds is 7. The van der Waals surface area contributed by atoms with Gasteiger partial charge < -0.3 is 4.90 Å². The average Bonchev–Trinajstić information content (AvgIpc) is 4.06. The van der Waals surface area contributed by atoms with Gasteiger partial charge in [0.2, 0.25) is 0 Å². The third-order valence-corrected chi connectivity index (χ3v) is 16.9. The van der Waals surface area contributed by atoms with Crippen LogP contribution in [-0.2, 0) is 10.8 Å². The van der Waals surface area contributed by atoms with Crippen LogP contribution in [0.2, 0.25) is 0 Å². The van der Waals surface area contributed by atoms with Crippen LogP contribution in [0.1, 0.15) is 56.0 Å². The fraction of sp³-hybridized carbons (Fsp3) is 0.0556. The zero-order valence-electron chi connectivity index (χ0n) is 40.2. The van der Waals surface area contributed by atoms with E-state index in [0.29, 0.717) is 0 Å². The average molecular weight is 928 g/mol. The molecular weight excluding hydrogens is 879 g/mol. The molecule has 0 saturated heterocycles. The van der Waals surface area contributed by atoms with Gasteiger partial charge in [-0.05, 0) is 136 Å². The van der Waals surface area contributed by atoms with Gasteiger partial charge in [0.15, 0.2) is 0 Å². The fourth-order valence-corrected chi connectivity index (χ4v) is 14.1. The molecule has 1 heteroatoms. The predicted molar refractivity (Wildman–Crippen MR) is 303 cm³/mol. The third kappa shape index (κ3) is 5.85. The predicted octanol–water partition coefficient (Wildman–Crippen LogP) is 18.0. The summed E-state index contributed by atoms with van der Waals surface area (Å²) in [5, 5.41) is 2.51. The number of hydrogen-bond acceptors (Lipinski definition) is 1. The molecule has 2 unspecified atom stereocenters. The second-order valence-corrected chi connectivity index (χ2v) is 20.2. The molecule has 0 N–H and O–H groups in total. The standard InChI is InChI=1S/C72H49N/c1-4-24-50(25-5-1)71(51-26-6-2-7-27-51)63-37-16-12-34-59(63)60-45-43-54(47-68(60)71)73(52-28-8-3-9-29-52)53-30-20-23-49(46-53)56-44-42-48-22-10-11-31-55(48)69(56)62-36-21-41-67-70(62)61-35-15-19-40-66(61)72(67)64-38-17-13-32-57(64)58-33-14-18-39-65(58)72/h1-47,67,70H.